The molecular formula is C27H18BrN3O4. The summed E-state index contributed by atoms with van der Waals surface area (Å²) in [5.74, 6) is -1.62. The number of carbonyl (C=O) groups is 2. The summed E-state index contributed by atoms with van der Waals surface area (Å²) < 4.78 is 6.64. The van der Waals surface area contributed by atoms with Gasteiger partial charge in [-0.2, -0.15) is 0 Å². The molecule has 0 spiro atoms. The number of nitrogens with zero attached hydrogens (tertiary/aromatic N) is 2. The highest BCUT2D eigenvalue weighted by atomic mass is 79.9. The van der Waals surface area contributed by atoms with Crippen LogP contribution in [0.2, 0.25) is 0 Å². The van der Waals surface area contributed by atoms with Crippen molar-refractivity contribution in [2.24, 2.45) is 0 Å². The Morgan fingerprint density at radius 3 is 2.69 bits per heavy atom. The predicted molar refractivity (Wildman–Crippen MR) is 135 cm³/mol. The maximum absolute atomic E-state index is 13.7. The lowest BCUT2D eigenvalue weighted by atomic mass is 9.95. The van der Waals surface area contributed by atoms with Gasteiger partial charge in [0.2, 0.25) is 11.7 Å². The van der Waals surface area contributed by atoms with Crippen LogP contribution < -0.4 is 4.90 Å². The maximum atomic E-state index is 13.7. The van der Waals surface area contributed by atoms with Gasteiger partial charge in [-0.05, 0) is 54.4 Å². The fourth-order valence-corrected chi connectivity index (χ4v) is 4.87. The standard InChI is InChI=1S/C27H18BrN3O4/c1-14-7-9-18-19(11-14)30-27(29-18)31-23(15-5-3-2-4-6-15)22(25(33)26(31)34)24(32)21-13-16-12-17(28)8-10-20(16)35-21/h2-13,23,33H,1H3,(H,29,30). The Morgan fingerprint density at radius 1 is 1.09 bits per heavy atom. The summed E-state index contributed by atoms with van der Waals surface area (Å²) >= 11 is 3.42. The van der Waals surface area contributed by atoms with E-state index in [-0.39, 0.29) is 17.3 Å². The number of benzene rings is 3. The summed E-state index contributed by atoms with van der Waals surface area (Å²) in [6.45, 7) is 1.96. The van der Waals surface area contributed by atoms with E-state index in [0.29, 0.717) is 16.7 Å². The van der Waals surface area contributed by atoms with E-state index < -0.39 is 23.5 Å². The van der Waals surface area contributed by atoms with Gasteiger partial charge >= 0.3 is 0 Å². The van der Waals surface area contributed by atoms with E-state index in [1.807, 2.05) is 55.5 Å². The zero-order valence-corrected chi connectivity index (χ0v) is 20.0. The molecule has 0 saturated heterocycles. The number of aliphatic hydroxyl groups excluding tert-OH is 1. The average Bonchev–Trinajstić information content (AvgIpc) is 3.53. The number of H-pyrrole nitrogens is 1. The third-order valence-corrected chi connectivity index (χ3v) is 6.62. The van der Waals surface area contributed by atoms with Crippen molar-refractivity contribution < 1.29 is 19.1 Å². The molecule has 2 aromatic heterocycles. The SMILES string of the molecule is Cc1ccc2nc(N3C(=O)C(O)=C(C(=O)c4cc5cc(Br)ccc5o4)C3c3ccccc3)[nH]c2c1. The Bertz CT molecular complexity index is 1680. The number of hydrogen-bond acceptors (Lipinski definition) is 5. The minimum absolute atomic E-state index is 0.0375. The molecule has 0 fully saturated rings. The zero-order chi connectivity index (χ0) is 24.3. The summed E-state index contributed by atoms with van der Waals surface area (Å²) in [7, 11) is 0. The van der Waals surface area contributed by atoms with Crippen molar-refractivity contribution >= 4 is 55.6 Å². The molecule has 5 aromatic rings. The van der Waals surface area contributed by atoms with Crippen LogP contribution in [0.5, 0.6) is 0 Å². The molecule has 1 atom stereocenters. The molecule has 1 unspecified atom stereocenters. The fourth-order valence-electron chi connectivity index (χ4n) is 4.49. The first kappa shape index (κ1) is 21.4. The number of aromatic amines is 1. The molecule has 1 aliphatic rings. The average molecular weight is 528 g/mol. The summed E-state index contributed by atoms with van der Waals surface area (Å²) in [6.07, 6.45) is 0. The van der Waals surface area contributed by atoms with Crippen LogP contribution in [0.4, 0.5) is 5.95 Å². The van der Waals surface area contributed by atoms with Crippen LogP contribution in [-0.4, -0.2) is 26.8 Å². The van der Waals surface area contributed by atoms with Crippen LogP contribution in [0.3, 0.4) is 0 Å². The Hall–Kier alpha value is -4.17. The molecule has 6 rings (SSSR count). The van der Waals surface area contributed by atoms with Crippen LogP contribution in [0.1, 0.15) is 27.7 Å². The number of hydrogen-bond donors (Lipinski definition) is 2. The number of halogens is 1. The van der Waals surface area contributed by atoms with Crippen molar-refractivity contribution in [2.45, 2.75) is 13.0 Å². The van der Waals surface area contributed by atoms with Crippen molar-refractivity contribution in [1.82, 2.24) is 9.97 Å². The van der Waals surface area contributed by atoms with Gasteiger partial charge in [-0.25, -0.2) is 4.98 Å². The minimum Gasteiger partial charge on any atom is -0.503 e. The second kappa shape index (κ2) is 7.95. The number of carbonyl (C=O) groups excluding carboxylic acids is 2. The van der Waals surface area contributed by atoms with Gasteiger partial charge in [0, 0.05) is 9.86 Å². The van der Waals surface area contributed by atoms with Crippen LogP contribution in [0, 0.1) is 6.92 Å². The number of aryl methyl sites for hydroxylation is 1. The maximum Gasteiger partial charge on any atom is 0.296 e. The van der Waals surface area contributed by atoms with Gasteiger partial charge in [0.15, 0.2) is 11.5 Å². The van der Waals surface area contributed by atoms with Crippen molar-refractivity contribution in [2.75, 3.05) is 4.90 Å². The Labute approximate surface area is 207 Å². The Morgan fingerprint density at radius 2 is 1.89 bits per heavy atom. The molecule has 0 aliphatic carbocycles. The summed E-state index contributed by atoms with van der Waals surface area (Å²) in [5, 5.41) is 11.7. The van der Waals surface area contributed by atoms with E-state index in [2.05, 4.69) is 25.9 Å². The number of aliphatic hydroxyl groups is 1. The summed E-state index contributed by atoms with van der Waals surface area (Å²) in [5.41, 5.74) is 3.59. The molecule has 1 aliphatic heterocycles. The molecule has 3 heterocycles. The van der Waals surface area contributed by atoms with E-state index in [1.54, 1.807) is 24.3 Å². The van der Waals surface area contributed by atoms with Crippen molar-refractivity contribution in [3.63, 3.8) is 0 Å². The summed E-state index contributed by atoms with van der Waals surface area (Å²) in [6, 6.07) is 20.9. The normalized spacial score (nSPS) is 16.1. The van der Waals surface area contributed by atoms with E-state index in [0.717, 1.165) is 20.9 Å². The molecule has 7 nitrogen and oxygen atoms in total. The number of Topliss-reactive ketones (excluding diaryl/α,β-unsaturated/α-hetero) is 1. The molecule has 0 saturated carbocycles. The van der Waals surface area contributed by atoms with Crippen molar-refractivity contribution in [3.8, 4) is 0 Å². The van der Waals surface area contributed by atoms with E-state index in [9.17, 15) is 14.7 Å². The minimum atomic E-state index is -0.891. The van der Waals surface area contributed by atoms with Crippen LogP contribution >= 0.6 is 15.9 Å². The molecular weight excluding hydrogens is 510 g/mol. The fraction of sp³-hybridized carbons (Fsp3) is 0.0741. The number of imidazole rings is 1. The Kier molecular flexibility index (Phi) is 4.86. The number of anilines is 1. The highest BCUT2D eigenvalue weighted by molar-refractivity contribution is 9.10. The van der Waals surface area contributed by atoms with Crippen LogP contribution in [0.15, 0.2) is 93.0 Å². The molecule has 2 N–H and O–H groups in total. The molecule has 3 aromatic carbocycles. The van der Waals surface area contributed by atoms with E-state index in [4.69, 9.17) is 4.42 Å². The lowest BCUT2D eigenvalue weighted by Gasteiger charge is -2.24. The first-order valence-corrected chi connectivity index (χ1v) is 11.7. The topological polar surface area (TPSA) is 99.4 Å². The van der Waals surface area contributed by atoms with Gasteiger partial charge in [0.1, 0.15) is 5.58 Å². The quantitative estimate of drug-likeness (QED) is 0.272. The molecule has 8 heteroatoms. The van der Waals surface area contributed by atoms with E-state index >= 15 is 0 Å². The van der Waals surface area contributed by atoms with Crippen LogP contribution in [-0.2, 0) is 4.79 Å². The lowest BCUT2D eigenvalue weighted by Crippen LogP contribution is -2.31. The van der Waals surface area contributed by atoms with Gasteiger partial charge in [0.05, 0.1) is 22.6 Å². The number of nitrogens with one attached hydrogen (secondary N) is 1. The highest BCUT2D eigenvalue weighted by Gasteiger charge is 2.46. The first-order chi connectivity index (χ1) is 16.9. The molecule has 0 radical (unpaired) electrons. The van der Waals surface area contributed by atoms with Gasteiger partial charge in [-0.15, -0.1) is 0 Å². The van der Waals surface area contributed by atoms with Crippen molar-refractivity contribution in [1.29, 1.82) is 0 Å². The van der Waals surface area contributed by atoms with Gasteiger partial charge in [-0.3, -0.25) is 14.5 Å². The predicted octanol–water partition coefficient (Wildman–Crippen LogP) is 6.16. The third kappa shape index (κ3) is 3.45. The third-order valence-electron chi connectivity index (χ3n) is 6.12. The van der Waals surface area contributed by atoms with E-state index in [1.165, 1.54) is 4.90 Å². The number of ketones is 1. The summed E-state index contributed by atoms with van der Waals surface area (Å²) in [4.78, 5) is 36.1. The number of furan rings is 1. The second-order valence-corrected chi connectivity index (χ2v) is 9.37. The first-order valence-electron chi connectivity index (χ1n) is 10.9. The molecule has 172 valence electrons. The number of fused-ring (bicyclic) bond motifs is 2. The molecule has 35 heavy (non-hydrogen) atoms. The smallest absolute Gasteiger partial charge is 0.296 e. The van der Waals surface area contributed by atoms with Gasteiger partial charge < -0.3 is 14.5 Å². The monoisotopic (exact) mass is 527 g/mol. The number of aromatic nitrogens is 2. The largest absolute Gasteiger partial charge is 0.503 e. The Balaban J connectivity index is 1.50. The second-order valence-electron chi connectivity index (χ2n) is 8.45. The zero-order valence-electron chi connectivity index (χ0n) is 18.4. The lowest BCUT2D eigenvalue weighted by molar-refractivity contribution is -0.117. The van der Waals surface area contributed by atoms with Crippen molar-refractivity contribution in [3.05, 3.63) is 105 Å². The molecule has 0 bridgehead atoms. The van der Waals surface area contributed by atoms with Gasteiger partial charge in [0.25, 0.3) is 5.91 Å². The number of amides is 1. The molecule has 1 amide bonds. The number of rotatable bonds is 4. The highest BCUT2D eigenvalue weighted by Crippen LogP contribution is 2.42. The van der Waals surface area contributed by atoms with Gasteiger partial charge in [-0.1, -0.05) is 52.3 Å². The van der Waals surface area contributed by atoms with Crippen LogP contribution in [0.25, 0.3) is 22.0 Å².